The highest BCUT2D eigenvalue weighted by molar-refractivity contribution is 5.82. The van der Waals surface area contributed by atoms with E-state index < -0.39 is 0 Å². The van der Waals surface area contributed by atoms with Crippen molar-refractivity contribution in [3.63, 3.8) is 0 Å². The van der Waals surface area contributed by atoms with Crippen molar-refractivity contribution in [2.75, 3.05) is 13.1 Å². The minimum atomic E-state index is -0.209. The molecule has 4 atom stereocenters. The van der Waals surface area contributed by atoms with Crippen molar-refractivity contribution in [2.24, 2.45) is 22.7 Å². The molecule has 4 nitrogen and oxygen atoms in total. The van der Waals surface area contributed by atoms with Crippen LogP contribution in [0.25, 0.3) is 0 Å². The van der Waals surface area contributed by atoms with Gasteiger partial charge in [0.15, 0.2) is 0 Å². The summed E-state index contributed by atoms with van der Waals surface area (Å²) in [5.41, 5.74) is -0.418. The zero-order valence-corrected chi connectivity index (χ0v) is 23.9. The van der Waals surface area contributed by atoms with Gasteiger partial charge in [-0.3, -0.25) is 9.59 Å². The fraction of sp³-hybridized carbons (Fsp3) is 0.933. The lowest BCUT2D eigenvalue weighted by Crippen LogP contribution is -2.52. The third kappa shape index (κ3) is 7.47. The molecule has 4 heteroatoms. The summed E-state index contributed by atoms with van der Waals surface area (Å²) in [6.07, 6.45) is 15.7. The van der Waals surface area contributed by atoms with Gasteiger partial charge in [-0.15, -0.1) is 0 Å². The Kier molecular flexibility index (Phi) is 11.0. The molecule has 34 heavy (non-hydrogen) atoms. The molecule has 0 radical (unpaired) electrons. The number of rotatable bonds is 0. The van der Waals surface area contributed by atoms with Gasteiger partial charge in [-0.1, -0.05) is 81.1 Å². The van der Waals surface area contributed by atoms with E-state index in [1.165, 1.54) is 77.0 Å². The lowest BCUT2D eigenvalue weighted by molar-refractivity contribution is -0.146. The summed E-state index contributed by atoms with van der Waals surface area (Å²) in [4.78, 5) is 29.2. The van der Waals surface area contributed by atoms with Crippen LogP contribution < -0.4 is 0 Å². The third-order valence-corrected chi connectivity index (χ3v) is 8.29. The first-order valence-electron chi connectivity index (χ1n) is 14.6. The Balaban J connectivity index is 0.000000224. The number of nitrogens with zero attached hydrogens (tertiary/aromatic N) is 2. The first-order chi connectivity index (χ1) is 16.0. The minimum Gasteiger partial charge on any atom is -0.339 e. The second-order valence-corrected chi connectivity index (χ2v) is 13.0. The van der Waals surface area contributed by atoms with Gasteiger partial charge in [0.25, 0.3) is 0 Å². The molecular weight excluding hydrogens is 420 g/mol. The molecular formula is C30H56N2O2. The van der Waals surface area contributed by atoms with E-state index in [0.717, 1.165) is 24.9 Å². The highest BCUT2D eigenvalue weighted by atomic mass is 16.2. The molecule has 2 aliphatic heterocycles. The van der Waals surface area contributed by atoms with E-state index in [2.05, 4.69) is 9.80 Å². The van der Waals surface area contributed by atoms with Crippen molar-refractivity contribution in [2.45, 2.75) is 145 Å². The molecule has 0 spiro atoms. The first kappa shape index (κ1) is 29.2. The molecule has 4 rings (SSSR count). The van der Waals surface area contributed by atoms with Crippen LogP contribution >= 0.6 is 0 Å². The first-order valence-corrected chi connectivity index (χ1v) is 14.6. The van der Waals surface area contributed by atoms with Crippen LogP contribution in [0.15, 0.2) is 0 Å². The fourth-order valence-corrected chi connectivity index (χ4v) is 6.62. The van der Waals surface area contributed by atoms with Gasteiger partial charge in [0.1, 0.15) is 0 Å². The van der Waals surface area contributed by atoms with Gasteiger partial charge >= 0.3 is 0 Å². The molecule has 0 aromatic heterocycles. The molecule has 2 saturated heterocycles. The van der Waals surface area contributed by atoms with E-state index in [0.29, 0.717) is 23.9 Å². The normalized spacial score (nSPS) is 29.4. The maximum atomic E-state index is 12.4. The minimum absolute atomic E-state index is 0.209. The lowest BCUT2D eigenvalue weighted by Gasteiger charge is -2.46. The summed E-state index contributed by atoms with van der Waals surface area (Å²) >= 11 is 0. The van der Waals surface area contributed by atoms with E-state index in [1.807, 2.05) is 55.4 Å². The molecule has 2 heterocycles. The smallest absolute Gasteiger partial charge is 0.228 e. The number of carbonyl (C=O) groups excluding carboxylic acids is 2. The Labute approximate surface area is 211 Å². The second kappa shape index (κ2) is 12.8. The van der Waals surface area contributed by atoms with Crippen LogP contribution in [0.1, 0.15) is 132 Å². The van der Waals surface area contributed by atoms with Gasteiger partial charge in [-0.2, -0.15) is 0 Å². The second-order valence-electron chi connectivity index (χ2n) is 13.0. The van der Waals surface area contributed by atoms with Crippen LogP contribution in [0.5, 0.6) is 0 Å². The van der Waals surface area contributed by atoms with Gasteiger partial charge in [-0.25, -0.2) is 0 Å². The Morgan fingerprint density at radius 3 is 1.15 bits per heavy atom. The summed E-state index contributed by atoms with van der Waals surface area (Å²) in [6, 6.07) is 1.13. The largest absolute Gasteiger partial charge is 0.339 e. The van der Waals surface area contributed by atoms with Gasteiger partial charge < -0.3 is 9.80 Å². The number of hydrogen-bond donors (Lipinski definition) is 0. The maximum Gasteiger partial charge on any atom is 0.228 e. The van der Waals surface area contributed by atoms with E-state index >= 15 is 0 Å². The molecule has 198 valence electrons. The fourth-order valence-electron chi connectivity index (χ4n) is 6.62. The number of hydrogen-bond acceptors (Lipinski definition) is 2. The molecule has 0 aromatic rings. The summed E-state index contributed by atoms with van der Waals surface area (Å²) in [7, 11) is 0. The van der Waals surface area contributed by atoms with Crippen molar-refractivity contribution >= 4 is 11.8 Å². The number of carbonyl (C=O) groups is 2. The number of likely N-dealkylation sites (tertiary alicyclic amines) is 2. The van der Waals surface area contributed by atoms with Crippen LogP contribution in [0, 0.1) is 22.7 Å². The average molecular weight is 477 g/mol. The van der Waals surface area contributed by atoms with Crippen molar-refractivity contribution in [1.29, 1.82) is 0 Å². The Bertz CT molecular complexity index is 585. The molecule has 4 aliphatic rings. The number of amides is 2. The number of fused-ring (bicyclic) bond motifs is 2. The molecule has 2 amide bonds. The van der Waals surface area contributed by atoms with Gasteiger partial charge in [0.2, 0.25) is 11.8 Å². The molecule has 0 bridgehead atoms. The number of piperidine rings is 2. The van der Waals surface area contributed by atoms with Crippen LogP contribution in [0.2, 0.25) is 0 Å². The Morgan fingerprint density at radius 1 is 0.529 bits per heavy atom. The van der Waals surface area contributed by atoms with Crippen LogP contribution in [0.4, 0.5) is 0 Å². The molecule has 2 aliphatic carbocycles. The molecule has 0 aromatic carbocycles. The molecule has 4 unspecified atom stereocenters. The maximum absolute atomic E-state index is 12.4. The Morgan fingerprint density at radius 2 is 0.824 bits per heavy atom. The van der Waals surface area contributed by atoms with E-state index in [1.54, 1.807) is 0 Å². The van der Waals surface area contributed by atoms with Crippen molar-refractivity contribution < 1.29 is 9.59 Å². The summed E-state index contributed by atoms with van der Waals surface area (Å²) in [5.74, 6) is 2.33. The van der Waals surface area contributed by atoms with Crippen LogP contribution in [0.3, 0.4) is 0 Å². The van der Waals surface area contributed by atoms with Crippen LogP contribution in [-0.4, -0.2) is 46.8 Å². The van der Waals surface area contributed by atoms with Gasteiger partial charge in [0.05, 0.1) is 0 Å². The third-order valence-electron chi connectivity index (χ3n) is 8.29. The van der Waals surface area contributed by atoms with Crippen molar-refractivity contribution in [3.8, 4) is 0 Å². The van der Waals surface area contributed by atoms with Gasteiger partial charge in [-0.05, 0) is 63.2 Å². The zero-order chi connectivity index (χ0) is 25.5. The standard InChI is InChI=1S/2C14H25NO.C2H6/c2*1-14(2,3)13(16)15-10-6-8-11-7-4-5-9-12(11)15;1-2/h2*11-12H,4-10H2,1-3H3;1-2H3. The summed E-state index contributed by atoms with van der Waals surface area (Å²) in [5, 5.41) is 0. The monoisotopic (exact) mass is 476 g/mol. The predicted molar refractivity (Wildman–Crippen MR) is 144 cm³/mol. The highest BCUT2D eigenvalue weighted by Gasteiger charge is 2.40. The van der Waals surface area contributed by atoms with Crippen molar-refractivity contribution in [3.05, 3.63) is 0 Å². The van der Waals surface area contributed by atoms with E-state index in [-0.39, 0.29) is 10.8 Å². The molecule has 0 N–H and O–H groups in total. The zero-order valence-electron chi connectivity index (χ0n) is 23.9. The van der Waals surface area contributed by atoms with E-state index in [4.69, 9.17) is 0 Å². The lowest BCUT2D eigenvalue weighted by atomic mass is 9.77. The van der Waals surface area contributed by atoms with E-state index in [9.17, 15) is 9.59 Å². The van der Waals surface area contributed by atoms with Crippen LogP contribution in [-0.2, 0) is 9.59 Å². The van der Waals surface area contributed by atoms with Crippen molar-refractivity contribution in [1.82, 2.24) is 9.80 Å². The topological polar surface area (TPSA) is 40.6 Å². The van der Waals surface area contributed by atoms with Gasteiger partial charge in [0, 0.05) is 36.0 Å². The summed E-state index contributed by atoms with van der Waals surface area (Å²) in [6.45, 7) is 18.3. The molecule has 4 fully saturated rings. The average Bonchev–Trinajstić information content (AvgIpc) is 2.83. The quantitative estimate of drug-likeness (QED) is 0.364. The molecule has 2 saturated carbocycles. The highest BCUT2D eigenvalue weighted by Crippen LogP contribution is 2.38. The SMILES string of the molecule is CC.CC(C)(C)C(=O)N1CCCC2CCCCC21.CC(C)(C)C(=O)N1CCCC2CCCCC21. The summed E-state index contributed by atoms with van der Waals surface area (Å²) < 4.78 is 0. The predicted octanol–water partition coefficient (Wildman–Crippen LogP) is 7.45. The Hall–Kier alpha value is -1.06.